The maximum absolute atomic E-state index is 5.38. The summed E-state index contributed by atoms with van der Waals surface area (Å²) in [7, 11) is 0. The van der Waals surface area contributed by atoms with Crippen LogP contribution in [0.3, 0.4) is 0 Å². The van der Waals surface area contributed by atoms with Gasteiger partial charge in [0, 0.05) is 44.3 Å². The molecular formula is C47H32N4. The van der Waals surface area contributed by atoms with Gasteiger partial charge in [-0.05, 0) is 82.5 Å². The Hall–Kier alpha value is -7.00. The van der Waals surface area contributed by atoms with Gasteiger partial charge in [0.25, 0.3) is 0 Å². The van der Waals surface area contributed by atoms with Crippen LogP contribution in [0.4, 0.5) is 0 Å². The number of aromatic nitrogens is 4. The highest BCUT2D eigenvalue weighted by molar-refractivity contribution is 5.99. The molecule has 7 aromatic rings. The van der Waals surface area contributed by atoms with Crippen LogP contribution in [0.2, 0.25) is 0 Å². The number of hydrogen-bond acceptors (Lipinski definition) is 2. The highest BCUT2D eigenvalue weighted by atomic mass is 14.8. The van der Waals surface area contributed by atoms with Crippen LogP contribution in [-0.2, 0) is 0 Å². The fourth-order valence-electron chi connectivity index (χ4n) is 7.10. The molecule has 8 bridgehead atoms. The van der Waals surface area contributed by atoms with E-state index in [0.29, 0.717) is 0 Å². The van der Waals surface area contributed by atoms with Crippen LogP contribution < -0.4 is 0 Å². The average molecular weight is 653 g/mol. The minimum Gasteiger partial charge on any atom is -0.354 e. The molecule has 0 saturated carbocycles. The Morgan fingerprint density at radius 2 is 0.706 bits per heavy atom. The summed E-state index contributed by atoms with van der Waals surface area (Å²) >= 11 is 0. The molecule has 0 amide bonds. The summed E-state index contributed by atoms with van der Waals surface area (Å²) in [5, 5.41) is 0. The van der Waals surface area contributed by atoms with E-state index in [1.54, 1.807) is 0 Å². The third-order valence-electron chi connectivity index (χ3n) is 9.41. The zero-order valence-corrected chi connectivity index (χ0v) is 27.8. The summed E-state index contributed by atoms with van der Waals surface area (Å²) in [6.45, 7) is 3.75. The van der Waals surface area contributed by atoms with Gasteiger partial charge in [0.2, 0.25) is 0 Å². The second-order valence-corrected chi connectivity index (χ2v) is 12.6. The standard InChI is InChI=1S/C47H32N4/c1-2-12-31-19-21-35(22-20-31)47-42-29-27-40(50-42)45(33-15-8-4-9-16-33)38-25-23-36(48-38)44(32-13-6-3-7-14-32)37-24-26-39(49-37)46(34-17-10-5-11-18-34)41-28-30-43(47)51-41/h3-30,48,51H,1H2. The van der Waals surface area contributed by atoms with E-state index in [1.807, 2.05) is 24.3 Å². The predicted molar refractivity (Wildman–Crippen MR) is 214 cm³/mol. The molecule has 0 spiro atoms. The van der Waals surface area contributed by atoms with Gasteiger partial charge in [0.05, 0.1) is 22.8 Å². The van der Waals surface area contributed by atoms with E-state index in [2.05, 4.69) is 168 Å². The van der Waals surface area contributed by atoms with Crippen LogP contribution >= 0.6 is 0 Å². The van der Waals surface area contributed by atoms with Gasteiger partial charge < -0.3 is 9.97 Å². The molecule has 51 heavy (non-hydrogen) atoms. The lowest BCUT2D eigenvalue weighted by Crippen LogP contribution is -1.89. The van der Waals surface area contributed by atoms with Gasteiger partial charge in [-0.25, -0.2) is 9.97 Å². The van der Waals surface area contributed by atoms with Crippen LogP contribution in [0.1, 0.15) is 28.3 Å². The molecule has 0 unspecified atom stereocenters. The van der Waals surface area contributed by atoms with Crippen molar-refractivity contribution in [3.05, 3.63) is 180 Å². The number of benzene rings is 4. The summed E-state index contributed by atoms with van der Waals surface area (Å²) in [6, 6.07) is 48.5. The second kappa shape index (κ2) is 12.8. The van der Waals surface area contributed by atoms with Gasteiger partial charge in [0.1, 0.15) is 0 Å². The lowest BCUT2D eigenvalue weighted by molar-refractivity contribution is 1.31. The third-order valence-corrected chi connectivity index (χ3v) is 9.41. The number of hydrogen-bond donors (Lipinski definition) is 2. The summed E-state index contributed by atoms with van der Waals surface area (Å²) in [5.74, 6) is 0. The molecule has 0 saturated heterocycles. The molecule has 0 atom stereocenters. The van der Waals surface area contributed by atoms with Crippen LogP contribution in [0.5, 0.6) is 0 Å². The first kappa shape index (κ1) is 30.1. The Bertz CT molecular complexity index is 2670. The van der Waals surface area contributed by atoms with Crippen molar-refractivity contribution in [1.82, 2.24) is 19.9 Å². The summed E-state index contributed by atoms with van der Waals surface area (Å²) in [6.07, 6.45) is 10.4. The average Bonchev–Trinajstić information content (AvgIpc) is 4.02. The van der Waals surface area contributed by atoms with Crippen LogP contribution in [0, 0.1) is 0 Å². The van der Waals surface area contributed by atoms with Gasteiger partial charge in [-0.2, -0.15) is 0 Å². The van der Waals surface area contributed by atoms with Crippen molar-refractivity contribution in [3.63, 3.8) is 0 Å². The smallest absolute Gasteiger partial charge is 0.0737 e. The van der Waals surface area contributed by atoms with Gasteiger partial charge in [-0.15, -0.1) is 5.73 Å². The van der Waals surface area contributed by atoms with E-state index in [-0.39, 0.29) is 0 Å². The second-order valence-electron chi connectivity index (χ2n) is 12.6. The predicted octanol–water partition coefficient (Wildman–Crippen LogP) is 12.1. The molecule has 240 valence electrons. The first-order valence-corrected chi connectivity index (χ1v) is 17.0. The number of aromatic amines is 2. The lowest BCUT2D eigenvalue weighted by Gasteiger charge is -2.07. The molecule has 3 aromatic heterocycles. The van der Waals surface area contributed by atoms with Gasteiger partial charge in [-0.1, -0.05) is 122 Å². The van der Waals surface area contributed by atoms with Gasteiger partial charge >= 0.3 is 0 Å². The molecule has 4 nitrogen and oxygen atoms in total. The minimum absolute atomic E-state index is 0.879. The summed E-state index contributed by atoms with van der Waals surface area (Å²) in [5.41, 5.74) is 19.8. The van der Waals surface area contributed by atoms with Gasteiger partial charge in [0.15, 0.2) is 0 Å². The fraction of sp³-hybridized carbons (Fsp3) is 0. The first-order valence-electron chi connectivity index (χ1n) is 17.0. The third kappa shape index (κ3) is 5.56. The number of H-pyrrole nitrogens is 2. The molecule has 5 heterocycles. The molecular weight excluding hydrogens is 621 g/mol. The number of nitrogens with zero attached hydrogens (tertiary/aromatic N) is 2. The highest BCUT2D eigenvalue weighted by Gasteiger charge is 2.18. The van der Waals surface area contributed by atoms with Crippen LogP contribution in [0.15, 0.2) is 152 Å². The number of fused-ring (bicyclic) bond motifs is 8. The molecule has 9 rings (SSSR count). The molecule has 4 aromatic carbocycles. The number of nitrogens with one attached hydrogen (secondary N) is 2. The van der Waals surface area contributed by atoms with Gasteiger partial charge in [-0.3, -0.25) is 0 Å². The maximum atomic E-state index is 5.38. The normalized spacial score (nSPS) is 11.8. The molecule has 2 aliphatic rings. The van der Waals surface area contributed by atoms with Crippen LogP contribution in [-0.4, -0.2) is 19.9 Å². The molecule has 4 heteroatoms. The van der Waals surface area contributed by atoms with E-state index in [9.17, 15) is 0 Å². The first-order chi connectivity index (χ1) is 25.2. The van der Waals surface area contributed by atoms with Crippen molar-refractivity contribution in [3.8, 4) is 44.5 Å². The summed E-state index contributed by atoms with van der Waals surface area (Å²) in [4.78, 5) is 18.4. The van der Waals surface area contributed by atoms with Crippen LogP contribution in [0.25, 0.3) is 97.0 Å². The minimum atomic E-state index is 0.879. The maximum Gasteiger partial charge on any atom is 0.0737 e. The van der Waals surface area contributed by atoms with Crippen molar-refractivity contribution in [1.29, 1.82) is 0 Å². The monoisotopic (exact) mass is 652 g/mol. The van der Waals surface area contributed by atoms with Crippen molar-refractivity contribution < 1.29 is 0 Å². The largest absolute Gasteiger partial charge is 0.354 e. The number of rotatable bonds is 5. The van der Waals surface area contributed by atoms with E-state index in [0.717, 1.165) is 94.9 Å². The topological polar surface area (TPSA) is 57.4 Å². The molecule has 0 radical (unpaired) electrons. The Balaban J connectivity index is 1.46. The van der Waals surface area contributed by atoms with E-state index in [4.69, 9.17) is 9.97 Å². The Morgan fingerprint density at radius 1 is 0.392 bits per heavy atom. The van der Waals surface area contributed by atoms with Crippen molar-refractivity contribution in [2.45, 2.75) is 0 Å². The van der Waals surface area contributed by atoms with Crippen molar-refractivity contribution in [2.75, 3.05) is 0 Å². The van der Waals surface area contributed by atoms with Crippen molar-refractivity contribution in [2.24, 2.45) is 0 Å². The van der Waals surface area contributed by atoms with E-state index < -0.39 is 0 Å². The lowest BCUT2D eigenvalue weighted by atomic mass is 10.0. The Morgan fingerprint density at radius 3 is 1.02 bits per heavy atom. The fourth-order valence-corrected chi connectivity index (χ4v) is 7.10. The highest BCUT2D eigenvalue weighted by Crippen LogP contribution is 2.38. The zero-order chi connectivity index (χ0) is 34.1. The molecule has 2 aliphatic heterocycles. The quantitative estimate of drug-likeness (QED) is 0.182. The SMILES string of the molecule is C=C=Cc1ccc(-c2c3nc(c(-c4ccccc4)c4ccc([nH]4)c(-c4ccccc4)c4nc(c(-c5ccccc5)c5ccc2[nH]5)C=C4)C=C3)cc1. The van der Waals surface area contributed by atoms with E-state index in [1.165, 1.54) is 0 Å². The zero-order valence-electron chi connectivity index (χ0n) is 27.8. The Labute approximate surface area is 296 Å². The van der Waals surface area contributed by atoms with E-state index >= 15 is 0 Å². The summed E-state index contributed by atoms with van der Waals surface area (Å²) < 4.78 is 0. The molecule has 0 fully saturated rings. The van der Waals surface area contributed by atoms with Crippen molar-refractivity contribution >= 4 is 52.4 Å². The Kier molecular flexibility index (Phi) is 7.55. The molecule has 0 aliphatic carbocycles. The molecule has 2 N–H and O–H groups in total.